The second kappa shape index (κ2) is 5.43. The van der Waals surface area contributed by atoms with Crippen LogP contribution in [0.1, 0.15) is 11.4 Å². The zero-order chi connectivity index (χ0) is 11.2. The van der Waals surface area contributed by atoms with Gasteiger partial charge in [0.2, 0.25) is 0 Å². The Balaban J connectivity index is 1.76. The fraction of sp³-hybridized carbons (Fsp3) is 0.400. The highest BCUT2D eigenvalue weighted by atomic mass is 16.3. The molecule has 0 atom stereocenters. The first kappa shape index (κ1) is 10.8. The summed E-state index contributed by atoms with van der Waals surface area (Å²) in [5.74, 6) is 0.919. The molecule has 0 radical (unpaired) electrons. The first-order chi connectivity index (χ1) is 7.88. The topological polar surface area (TPSA) is 78.8 Å². The number of imidazole rings is 1. The summed E-state index contributed by atoms with van der Waals surface area (Å²) in [6.07, 6.45) is 7.25. The Morgan fingerprint density at radius 2 is 2.38 bits per heavy atom. The van der Waals surface area contributed by atoms with Gasteiger partial charge in [0.25, 0.3) is 0 Å². The van der Waals surface area contributed by atoms with Crippen molar-refractivity contribution in [3.8, 4) is 0 Å². The fourth-order valence-corrected chi connectivity index (χ4v) is 1.44. The van der Waals surface area contributed by atoms with Gasteiger partial charge in [0.15, 0.2) is 0 Å². The number of aromatic nitrogens is 4. The van der Waals surface area contributed by atoms with Gasteiger partial charge in [-0.25, -0.2) is 4.98 Å². The van der Waals surface area contributed by atoms with E-state index in [0.29, 0.717) is 13.1 Å². The monoisotopic (exact) mass is 221 g/mol. The summed E-state index contributed by atoms with van der Waals surface area (Å²) in [6.45, 7) is 2.10. The summed E-state index contributed by atoms with van der Waals surface area (Å²) in [6, 6.07) is 0. The number of aliphatic hydroxyl groups excluding tert-OH is 1. The number of hydrogen-bond donors (Lipinski definition) is 3. The van der Waals surface area contributed by atoms with Crippen LogP contribution in [0, 0.1) is 0 Å². The number of rotatable bonds is 6. The molecule has 0 aliphatic carbocycles. The van der Waals surface area contributed by atoms with Crippen LogP contribution in [0.15, 0.2) is 24.8 Å². The second-order valence-electron chi connectivity index (χ2n) is 3.47. The molecule has 3 N–H and O–H groups in total. The van der Waals surface area contributed by atoms with Gasteiger partial charge < -0.3 is 15.4 Å². The Morgan fingerprint density at radius 3 is 3.12 bits per heavy atom. The molecule has 6 nitrogen and oxygen atoms in total. The van der Waals surface area contributed by atoms with Gasteiger partial charge in [-0.2, -0.15) is 5.10 Å². The van der Waals surface area contributed by atoms with Gasteiger partial charge in [-0.3, -0.25) is 4.68 Å². The predicted octanol–water partition coefficient (Wildman–Crippen LogP) is -0.112. The molecule has 0 aromatic carbocycles. The Labute approximate surface area is 93.3 Å². The summed E-state index contributed by atoms with van der Waals surface area (Å²) in [4.78, 5) is 7.13. The Bertz CT molecular complexity index is 409. The highest BCUT2D eigenvalue weighted by Gasteiger charge is 1.98. The number of H-pyrrole nitrogens is 1. The highest BCUT2D eigenvalue weighted by Crippen LogP contribution is 1.97. The summed E-state index contributed by atoms with van der Waals surface area (Å²) >= 11 is 0. The maximum Gasteiger partial charge on any atom is 0.120 e. The van der Waals surface area contributed by atoms with Gasteiger partial charge in [0.05, 0.1) is 25.9 Å². The van der Waals surface area contributed by atoms with E-state index in [1.54, 1.807) is 23.3 Å². The zero-order valence-corrected chi connectivity index (χ0v) is 8.93. The first-order valence-corrected chi connectivity index (χ1v) is 5.19. The molecule has 2 heterocycles. The van der Waals surface area contributed by atoms with Gasteiger partial charge in [-0.15, -0.1) is 0 Å². The van der Waals surface area contributed by atoms with E-state index in [1.807, 2.05) is 6.20 Å². The van der Waals surface area contributed by atoms with Crippen LogP contribution in [0.25, 0.3) is 0 Å². The van der Waals surface area contributed by atoms with Crippen LogP contribution in [0.5, 0.6) is 0 Å². The van der Waals surface area contributed by atoms with E-state index < -0.39 is 0 Å². The first-order valence-electron chi connectivity index (χ1n) is 5.19. The van der Waals surface area contributed by atoms with Crippen LogP contribution in [0.3, 0.4) is 0 Å². The normalized spacial score (nSPS) is 10.8. The van der Waals surface area contributed by atoms with E-state index in [2.05, 4.69) is 20.4 Å². The summed E-state index contributed by atoms with van der Waals surface area (Å²) in [5.41, 5.74) is 1.10. The van der Waals surface area contributed by atoms with Gasteiger partial charge >= 0.3 is 0 Å². The molecule has 2 aromatic heterocycles. The van der Waals surface area contributed by atoms with Crippen LogP contribution >= 0.6 is 0 Å². The minimum absolute atomic E-state index is 0.112. The van der Waals surface area contributed by atoms with E-state index in [4.69, 9.17) is 5.11 Å². The summed E-state index contributed by atoms with van der Waals surface area (Å²) in [7, 11) is 0. The van der Waals surface area contributed by atoms with Crippen molar-refractivity contribution in [1.82, 2.24) is 25.1 Å². The summed E-state index contributed by atoms with van der Waals surface area (Å²) in [5, 5.41) is 16.1. The largest absolute Gasteiger partial charge is 0.394 e. The molecular formula is C10H15N5O. The number of nitrogens with one attached hydrogen (secondary N) is 2. The van der Waals surface area contributed by atoms with Crippen molar-refractivity contribution in [3.63, 3.8) is 0 Å². The van der Waals surface area contributed by atoms with Gasteiger partial charge in [-0.05, 0) is 0 Å². The third kappa shape index (κ3) is 2.91. The Hall–Kier alpha value is -1.66. The van der Waals surface area contributed by atoms with Crippen molar-refractivity contribution < 1.29 is 5.11 Å². The van der Waals surface area contributed by atoms with Crippen molar-refractivity contribution in [1.29, 1.82) is 0 Å². The molecule has 86 valence electrons. The van der Waals surface area contributed by atoms with Crippen LogP contribution in [-0.4, -0.2) is 31.5 Å². The molecular weight excluding hydrogens is 206 g/mol. The lowest BCUT2D eigenvalue weighted by Gasteiger charge is -1.99. The molecule has 2 aromatic rings. The minimum atomic E-state index is 0.112. The van der Waals surface area contributed by atoms with Crippen LogP contribution in [0.2, 0.25) is 0 Å². The van der Waals surface area contributed by atoms with Gasteiger partial charge in [0.1, 0.15) is 5.82 Å². The molecule has 2 rings (SSSR count). The molecule has 6 heteroatoms. The van der Waals surface area contributed by atoms with E-state index in [0.717, 1.165) is 17.9 Å². The van der Waals surface area contributed by atoms with Crippen molar-refractivity contribution in [2.75, 3.05) is 6.61 Å². The van der Waals surface area contributed by atoms with Crippen molar-refractivity contribution in [2.45, 2.75) is 19.6 Å². The smallest absolute Gasteiger partial charge is 0.120 e. The molecule has 16 heavy (non-hydrogen) atoms. The van der Waals surface area contributed by atoms with Crippen LogP contribution < -0.4 is 5.32 Å². The van der Waals surface area contributed by atoms with E-state index in [-0.39, 0.29) is 6.61 Å². The van der Waals surface area contributed by atoms with Gasteiger partial charge in [0, 0.05) is 30.7 Å². The predicted molar refractivity (Wildman–Crippen MR) is 58.4 cm³/mol. The van der Waals surface area contributed by atoms with Crippen LogP contribution in [-0.2, 0) is 19.6 Å². The van der Waals surface area contributed by atoms with E-state index >= 15 is 0 Å². The molecule has 0 saturated heterocycles. The van der Waals surface area contributed by atoms with Crippen LogP contribution in [0.4, 0.5) is 0 Å². The standard InChI is InChI=1S/C10H15N5O/c16-4-3-15-8-9(6-14-15)5-11-7-10-12-1-2-13-10/h1-2,6,8,11,16H,3-5,7H2,(H,12,13). The van der Waals surface area contributed by atoms with Crippen molar-refractivity contribution >= 4 is 0 Å². The third-order valence-corrected chi connectivity index (χ3v) is 2.19. The minimum Gasteiger partial charge on any atom is -0.394 e. The molecule has 0 spiro atoms. The average molecular weight is 221 g/mol. The Kier molecular flexibility index (Phi) is 3.68. The maximum absolute atomic E-state index is 8.74. The molecule has 0 aliphatic rings. The Morgan fingerprint density at radius 1 is 1.44 bits per heavy atom. The fourth-order valence-electron chi connectivity index (χ4n) is 1.44. The molecule has 0 unspecified atom stereocenters. The number of aliphatic hydroxyl groups is 1. The molecule has 0 aliphatic heterocycles. The number of nitrogens with zero attached hydrogens (tertiary/aromatic N) is 3. The molecule has 0 fully saturated rings. The second-order valence-corrected chi connectivity index (χ2v) is 3.47. The van der Waals surface area contributed by atoms with E-state index in [1.165, 1.54) is 0 Å². The van der Waals surface area contributed by atoms with E-state index in [9.17, 15) is 0 Å². The zero-order valence-electron chi connectivity index (χ0n) is 8.93. The SMILES string of the molecule is OCCn1cc(CNCc2ncc[nH]2)cn1. The lowest BCUT2D eigenvalue weighted by atomic mass is 10.3. The number of aromatic amines is 1. The lowest BCUT2D eigenvalue weighted by Crippen LogP contribution is -2.13. The van der Waals surface area contributed by atoms with Crippen molar-refractivity contribution in [3.05, 3.63) is 36.2 Å². The highest BCUT2D eigenvalue weighted by molar-refractivity contribution is 5.03. The van der Waals surface area contributed by atoms with Crippen molar-refractivity contribution in [2.24, 2.45) is 0 Å². The lowest BCUT2D eigenvalue weighted by molar-refractivity contribution is 0.269. The quantitative estimate of drug-likeness (QED) is 0.636. The van der Waals surface area contributed by atoms with Gasteiger partial charge in [-0.1, -0.05) is 0 Å². The molecule has 0 bridgehead atoms. The number of hydrogen-bond acceptors (Lipinski definition) is 4. The molecule has 0 saturated carbocycles. The maximum atomic E-state index is 8.74. The average Bonchev–Trinajstić information content (AvgIpc) is 2.90. The third-order valence-electron chi connectivity index (χ3n) is 2.19. The summed E-state index contributed by atoms with van der Waals surface area (Å²) < 4.78 is 1.73. The molecule has 0 amide bonds.